The van der Waals surface area contributed by atoms with Crippen molar-refractivity contribution in [3.8, 4) is 0 Å². The number of rotatable bonds is 1. The van der Waals surface area contributed by atoms with Crippen molar-refractivity contribution < 1.29 is 9.59 Å². The van der Waals surface area contributed by atoms with Crippen LogP contribution < -0.4 is 11.1 Å². The van der Waals surface area contributed by atoms with Crippen molar-refractivity contribution in [2.24, 2.45) is 16.6 Å². The molecule has 1 amide bonds. The summed E-state index contributed by atoms with van der Waals surface area (Å²) in [6.45, 7) is 0. The average molecular weight is 154 g/mol. The molecule has 0 aromatic carbocycles. The topological polar surface area (TPSA) is 108 Å². The van der Waals surface area contributed by atoms with E-state index in [0.717, 1.165) is 0 Å². The van der Waals surface area contributed by atoms with Crippen molar-refractivity contribution in [3.05, 3.63) is 0 Å². The average Bonchev–Trinajstić information content (AvgIpc) is 1.85. The van der Waals surface area contributed by atoms with Gasteiger partial charge in [-0.05, 0) is 0 Å². The number of amides is 1. The molecule has 11 heavy (non-hydrogen) atoms. The molecule has 0 radical (unpaired) electrons. The predicted molar refractivity (Wildman–Crippen MR) is 37.0 cm³/mol. The van der Waals surface area contributed by atoms with Crippen LogP contribution in [-0.2, 0) is 9.59 Å². The van der Waals surface area contributed by atoms with Crippen LogP contribution in [0.1, 0.15) is 0 Å². The monoisotopic (exact) mass is 154 g/mol. The van der Waals surface area contributed by atoms with Crippen molar-refractivity contribution in [3.63, 3.8) is 0 Å². The summed E-state index contributed by atoms with van der Waals surface area (Å²) in [6, 6.07) is 0. The van der Waals surface area contributed by atoms with Crippen LogP contribution in [-0.4, -0.2) is 24.0 Å². The highest BCUT2D eigenvalue weighted by atomic mass is 16.2. The van der Waals surface area contributed by atoms with Crippen LogP contribution >= 0.6 is 0 Å². The fraction of sp³-hybridized carbons (Fsp3) is 0.200. The number of hydrogen-bond acceptors (Lipinski definition) is 4. The molecular weight excluding hydrogens is 148 g/mol. The zero-order valence-corrected chi connectivity index (χ0v) is 5.50. The highest BCUT2D eigenvalue weighted by Crippen LogP contribution is 1.98. The first-order chi connectivity index (χ1) is 5.15. The van der Waals surface area contributed by atoms with Crippen molar-refractivity contribution in [1.29, 1.82) is 5.41 Å². The van der Waals surface area contributed by atoms with Gasteiger partial charge in [0.25, 0.3) is 0 Å². The second-order valence-corrected chi connectivity index (χ2v) is 1.99. The molecule has 6 nitrogen and oxygen atoms in total. The number of nitrogens with two attached hydrogens (primary N) is 1. The molecule has 0 saturated carbocycles. The van der Waals surface area contributed by atoms with Crippen molar-refractivity contribution in [2.75, 3.05) is 0 Å². The van der Waals surface area contributed by atoms with Gasteiger partial charge in [-0.1, -0.05) is 0 Å². The standard InChI is InChI=1S/C5H6N4O2/c6-3-2(1-10)4(11)9-5(7)8-3/h1-2H,(H4,6,7,8,9,11). The number of hydrogen-bond donors (Lipinski definition) is 3. The Bertz CT molecular complexity index is 257. The zero-order chi connectivity index (χ0) is 8.43. The van der Waals surface area contributed by atoms with Crippen LogP contribution in [0.4, 0.5) is 0 Å². The maximum Gasteiger partial charge on any atom is 0.244 e. The largest absolute Gasteiger partial charge is 0.386 e. The zero-order valence-electron chi connectivity index (χ0n) is 5.50. The molecule has 0 bridgehead atoms. The van der Waals surface area contributed by atoms with Gasteiger partial charge in [0.1, 0.15) is 12.1 Å². The number of carbonyl (C=O) groups is 2. The Labute approximate surface area is 62.0 Å². The fourth-order valence-corrected chi connectivity index (χ4v) is 0.687. The minimum absolute atomic E-state index is 0.131. The van der Waals surface area contributed by atoms with Gasteiger partial charge in [-0.2, -0.15) is 4.99 Å². The van der Waals surface area contributed by atoms with Gasteiger partial charge in [-0.25, -0.2) is 0 Å². The molecule has 58 valence electrons. The fourth-order valence-electron chi connectivity index (χ4n) is 0.687. The quantitative estimate of drug-likeness (QED) is 0.307. The minimum Gasteiger partial charge on any atom is -0.386 e. The van der Waals surface area contributed by atoms with Crippen molar-refractivity contribution >= 4 is 24.0 Å². The third-order valence-electron chi connectivity index (χ3n) is 1.22. The Balaban J connectivity index is 2.97. The van der Waals surface area contributed by atoms with Gasteiger partial charge in [0.2, 0.25) is 11.9 Å². The SMILES string of the molecule is N=C1N=C(N)C(C=O)C(=O)N1. The number of aliphatic imine (C=N–C) groups is 1. The number of nitrogens with zero attached hydrogens (tertiary/aromatic N) is 1. The van der Waals surface area contributed by atoms with Crippen LogP contribution in [0.5, 0.6) is 0 Å². The molecule has 0 fully saturated rings. The third-order valence-corrected chi connectivity index (χ3v) is 1.22. The summed E-state index contributed by atoms with van der Waals surface area (Å²) in [4.78, 5) is 24.4. The number of amidine groups is 1. The Morgan fingerprint density at radius 2 is 2.36 bits per heavy atom. The molecule has 0 aliphatic carbocycles. The summed E-state index contributed by atoms with van der Waals surface area (Å²) in [5.74, 6) is -2.10. The van der Waals surface area contributed by atoms with Crippen LogP contribution in [0.25, 0.3) is 0 Å². The first-order valence-corrected chi connectivity index (χ1v) is 2.84. The number of carbonyl (C=O) groups excluding carboxylic acids is 2. The van der Waals surface area contributed by atoms with Gasteiger partial charge in [0.05, 0.1) is 0 Å². The van der Waals surface area contributed by atoms with E-state index in [0.29, 0.717) is 6.29 Å². The van der Waals surface area contributed by atoms with Gasteiger partial charge in [0, 0.05) is 0 Å². The van der Waals surface area contributed by atoms with E-state index in [1.54, 1.807) is 0 Å². The molecule has 1 atom stereocenters. The lowest BCUT2D eigenvalue weighted by atomic mass is 10.1. The van der Waals surface area contributed by atoms with E-state index >= 15 is 0 Å². The molecule has 0 aromatic heterocycles. The summed E-state index contributed by atoms with van der Waals surface area (Å²) < 4.78 is 0. The van der Waals surface area contributed by atoms with E-state index in [1.807, 2.05) is 0 Å². The van der Waals surface area contributed by atoms with E-state index in [1.165, 1.54) is 0 Å². The summed E-state index contributed by atoms with van der Waals surface area (Å²) >= 11 is 0. The molecule has 6 heteroatoms. The van der Waals surface area contributed by atoms with E-state index < -0.39 is 11.8 Å². The molecule has 1 aliphatic rings. The summed E-state index contributed by atoms with van der Waals surface area (Å²) in [6.07, 6.45) is 0.389. The number of nitrogens with one attached hydrogen (secondary N) is 2. The van der Waals surface area contributed by atoms with Crippen LogP contribution in [0, 0.1) is 11.3 Å². The van der Waals surface area contributed by atoms with Crippen molar-refractivity contribution in [1.82, 2.24) is 5.32 Å². The molecule has 4 N–H and O–H groups in total. The van der Waals surface area contributed by atoms with Crippen molar-refractivity contribution in [2.45, 2.75) is 0 Å². The highest BCUT2D eigenvalue weighted by molar-refractivity contribution is 6.22. The summed E-state index contributed by atoms with van der Waals surface area (Å²) in [5, 5.41) is 8.96. The smallest absolute Gasteiger partial charge is 0.244 e. The summed E-state index contributed by atoms with van der Waals surface area (Å²) in [5.41, 5.74) is 5.19. The second kappa shape index (κ2) is 2.49. The van der Waals surface area contributed by atoms with Gasteiger partial charge in [-0.15, -0.1) is 0 Å². The Hall–Kier alpha value is -1.72. The van der Waals surface area contributed by atoms with Crippen LogP contribution in [0.2, 0.25) is 0 Å². The maximum absolute atomic E-state index is 10.8. The second-order valence-electron chi connectivity index (χ2n) is 1.99. The van der Waals surface area contributed by atoms with E-state index in [-0.39, 0.29) is 11.8 Å². The van der Waals surface area contributed by atoms with Crippen LogP contribution in [0.3, 0.4) is 0 Å². The summed E-state index contributed by atoms with van der Waals surface area (Å²) in [7, 11) is 0. The van der Waals surface area contributed by atoms with Gasteiger partial charge in [-0.3, -0.25) is 15.5 Å². The molecule has 0 saturated heterocycles. The lowest BCUT2D eigenvalue weighted by Crippen LogP contribution is -2.47. The Morgan fingerprint density at radius 1 is 1.73 bits per heavy atom. The van der Waals surface area contributed by atoms with E-state index in [2.05, 4.69) is 10.3 Å². The number of guanidine groups is 1. The molecule has 0 spiro atoms. The Kier molecular flexibility index (Phi) is 1.67. The van der Waals surface area contributed by atoms with Gasteiger partial charge in [0.15, 0.2) is 5.92 Å². The van der Waals surface area contributed by atoms with Gasteiger partial charge >= 0.3 is 0 Å². The lowest BCUT2D eigenvalue weighted by Gasteiger charge is -2.14. The van der Waals surface area contributed by atoms with E-state index in [4.69, 9.17) is 11.1 Å². The molecule has 1 rings (SSSR count). The minimum atomic E-state index is -1.04. The lowest BCUT2D eigenvalue weighted by molar-refractivity contribution is -0.125. The first kappa shape index (κ1) is 7.39. The molecule has 1 unspecified atom stereocenters. The molecule has 1 aliphatic heterocycles. The van der Waals surface area contributed by atoms with Gasteiger partial charge < -0.3 is 10.5 Å². The van der Waals surface area contributed by atoms with Crippen LogP contribution in [0.15, 0.2) is 4.99 Å². The first-order valence-electron chi connectivity index (χ1n) is 2.84. The van der Waals surface area contributed by atoms with E-state index in [9.17, 15) is 9.59 Å². The molecular formula is C5H6N4O2. The molecule has 0 aromatic rings. The maximum atomic E-state index is 10.8. The number of aldehydes is 1. The predicted octanol–water partition coefficient (Wildman–Crippen LogP) is -1.78. The highest BCUT2D eigenvalue weighted by Gasteiger charge is 2.26. The molecule has 1 heterocycles. The normalized spacial score (nSPS) is 24.0. The third kappa shape index (κ3) is 1.23. The Morgan fingerprint density at radius 3 is 2.82 bits per heavy atom.